The first-order valence-electron chi connectivity index (χ1n) is 4.24. The summed E-state index contributed by atoms with van der Waals surface area (Å²) >= 11 is 0. The lowest BCUT2D eigenvalue weighted by Crippen LogP contribution is -2.07. The Morgan fingerprint density at radius 2 is 1.83 bits per heavy atom. The molecule has 0 aliphatic rings. The van der Waals surface area contributed by atoms with E-state index in [-0.39, 0.29) is 5.41 Å². The highest BCUT2D eigenvalue weighted by molar-refractivity contribution is 5.77. The predicted molar refractivity (Wildman–Crippen MR) is 56.5 cm³/mol. The van der Waals surface area contributed by atoms with Crippen LogP contribution in [0.3, 0.4) is 0 Å². The third kappa shape index (κ3) is 4.12. The molecule has 0 aliphatic carbocycles. The van der Waals surface area contributed by atoms with Crippen molar-refractivity contribution in [3.63, 3.8) is 0 Å². The summed E-state index contributed by atoms with van der Waals surface area (Å²) in [5.74, 6) is 0. The summed E-state index contributed by atoms with van der Waals surface area (Å²) in [5, 5.41) is 0. The van der Waals surface area contributed by atoms with Gasteiger partial charge in [0, 0.05) is 17.3 Å². The summed E-state index contributed by atoms with van der Waals surface area (Å²) in [6, 6.07) is 0. The van der Waals surface area contributed by atoms with E-state index < -0.39 is 0 Å². The quantitative estimate of drug-likeness (QED) is 0.554. The molecule has 1 nitrogen and oxygen atoms in total. The van der Waals surface area contributed by atoms with Crippen molar-refractivity contribution in [2.75, 3.05) is 0 Å². The van der Waals surface area contributed by atoms with Gasteiger partial charge in [0.25, 0.3) is 0 Å². The maximum Gasteiger partial charge on any atom is 0.0414 e. The molecule has 0 aromatic rings. The van der Waals surface area contributed by atoms with E-state index in [1.165, 1.54) is 0 Å². The van der Waals surface area contributed by atoms with Gasteiger partial charge in [-0.2, -0.15) is 0 Å². The first kappa shape index (κ1) is 11.2. The van der Waals surface area contributed by atoms with E-state index in [9.17, 15) is 0 Å². The molecule has 0 aromatic heterocycles. The zero-order valence-electron chi connectivity index (χ0n) is 8.81. The van der Waals surface area contributed by atoms with Crippen LogP contribution in [0.4, 0.5) is 0 Å². The molecule has 0 fully saturated rings. The monoisotopic (exact) mass is 165 g/mol. The molecule has 0 N–H and O–H groups in total. The Bertz CT molecular complexity index is 214. The van der Waals surface area contributed by atoms with E-state index >= 15 is 0 Å². The summed E-state index contributed by atoms with van der Waals surface area (Å²) in [6.45, 7) is 14.2. The largest absolute Gasteiger partial charge is 0.261 e. The standard InChI is InChI=1S/C11H19N/c1-7-10(11(4,5)6)12-8-9(2)3/h7-8H,2H2,1,3-6H3/b10-7-,12-8-. The lowest BCUT2D eigenvalue weighted by atomic mass is 9.92. The molecule has 0 saturated heterocycles. The van der Waals surface area contributed by atoms with E-state index in [4.69, 9.17) is 0 Å². The Hall–Kier alpha value is -0.850. The second-order valence-corrected chi connectivity index (χ2v) is 4.03. The number of hydrogen-bond donors (Lipinski definition) is 0. The zero-order chi connectivity index (χ0) is 9.78. The molecule has 0 spiro atoms. The Labute approximate surface area is 75.9 Å². The van der Waals surface area contributed by atoms with Crippen LogP contribution in [0.2, 0.25) is 0 Å². The van der Waals surface area contributed by atoms with Gasteiger partial charge in [0.1, 0.15) is 0 Å². The third-order valence-electron chi connectivity index (χ3n) is 1.47. The molecule has 0 amide bonds. The molecular weight excluding hydrogens is 146 g/mol. The van der Waals surface area contributed by atoms with Gasteiger partial charge in [-0.1, -0.05) is 33.4 Å². The fourth-order valence-electron chi connectivity index (χ4n) is 0.881. The van der Waals surface area contributed by atoms with Crippen molar-refractivity contribution in [3.05, 3.63) is 23.9 Å². The number of nitrogens with zero attached hydrogens (tertiary/aromatic N) is 1. The number of aliphatic imine (C=N–C) groups is 1. The van der Waals surface area contributed by atoms with Crippen molar-refractivity contribution >= 4 is 6.21 Å². The van der Waals surface area contributed by atoms with Crippen LogP contribution in [0.15, 0.2) is 28.9 Å². The van der Waals surface area contributed by atoms with Crippen molar-refractivity contribution in [2.45, 2.75) is 34.6 Å². The fourth-order valence-corrected chi connectivity index (χ4v) is 0.881. The maximum atomic E-state index is 4.35. The fraction of sp³-hybridized carbons (Fsp3) is 0.545. The van der Waals surface area contributed by atoms with Gasteiger partial charge >= 0.3 is 0 Å². The zero-order valence-corrected chi connectivity index (χ0v) is 8.81. The second kappa shape index (κ2) is 4.24. The van der Waals surface area contributed by atoms with Crippen molar-refractivity contribution in [1.29, 1.82) is 0 Å². The second-order valence-electron chi connectivity index (χ2n) is 4.03. The van der Waals surface area contributed by atoms with Gasteiger partial charge in [0.2, 0.25) is 0 Å². The molecule has 0 rings (SSSR count). The highest BCUT2D eigenvalue weighted by Gasteiger charge is 2.14. The van der Waals surface area contributed by atoms with Crippen LogP contribution in [-0.4, -0.2) is 6.21 Å². The van der Waals surface area contributed by atoms with Gasteiger partial charge in [-0.05, 0) is 19.4 Å². The van der Waals surface area contributed by atoms with E-state index in [0.717, 1.165) is 11.3 Å². The van der Waals surface area contributed by atoms with Crippen LogP contribution in [0, 0.1) is 5.41 Å². The smallest absolute Gasteiger partial charge is 0.0414 e. The summed E-state index contributed by atoms with van der Waals surface area (Å²) in [6.07, 6.45) is 3.85. The topological polar surface area (TPSA) is 12.4 Å². The van der Waals surface area contributed by atoms with Crippen LogP contribution >= 0.6 is 0 Å². The molecule has 1 heteroatoms. The maximum absolute atomic E-state index is 4.35. The van der Waals surface area contributed by atoms with E-state index in [1.54, 1.807) is 6.21 Å². The first-order chi connectivity index (χ1) is 5.38. The lowest BCUT2D eigenvalue weighted by molar-refractivity contribution is 0.498. The summed E-state index contributed by atoms with van der Waals surface area (Å²) in [7, 11) is 0. The van der Waals surface area contributed by atoms with Gasteiger partial charge in [-0.25, -0.2) is 0 Å². The summed E-state index contributed by atoms with van der Waals surface area (Å²) < 4.78 is 0. The number of allylic oxidation sites excluding steroid dienone is 3. The Morgan fingerprint density at radius 3 is 2.08 bits per heavy atom. The van der Waals surface area contributed by atoms with Gasteiger partial charge < -0.3 is 0 Å². The van der Waals surface area contributed by atoms with E-state index in [2.05, 4.69) is 32.3 Å². The highest BCUT2D eigenvalue weighted by atomic mass is 14.8. The molecule has 0 atom stereocenters. The highest BCUT2D eigenvalue weighted by Crippen LogP contribution is 2.25. The van der Waals surface area contributed by atoms with Gasteiger partial charge in [-0.15, -0.1) is 0 Å². The van der Waals surface area contributed by atoms with Gasteiger partial charge in [0.05, 0.1) is 0 Å². The van der Waals surface area contributed by atoms with Crippen LogP contribution in [0.25, 0.3) is 0 Å². The minimum atomic E-state index is 0.126. The van der Waals surface area contributed by atoms with Crippen molar-refractivity contribution in [3.8, 4) is 0 Å². The van der Waals surface area contributed by atoms with Gasteiger partial charge in [0.15, 0.2) is 0 Å². The Balaban J connectivity index is 4.53. The molecule has 0 aromatic carbocycles. The molecule has 0 saturated carbocycles. The van der Waals surface area contributed by atoms with Crippen LogP contribution in [0.1, 0.15) is 34.6 Å². The Morgan fingerprint density at radius 1 is 1.33 bits per heavy atom. The van der Waals surface area contributed by atoms with Gasteiger partial charge in [-0.3, -0.25) is 4.99 Å². The molecule has 0 heterocycles. The van der Waals surface area contributed by atoms with Crippen LogP contribution < -0.4 is 0 Å². The summed E-state index contributed by atoms with van der Waals surface area (Å²) in [4.78, 5) is 4.35. The average Bonchev–Trinajstić information content (AvgIpc) is 1.85. The Kier molecular flexibility index (Phi) is 3.94. The first-order valence-corrected chi connectivity index (χ1v) is 4.24. The molecule has 0 unspecified atom stereocenters. The third-order valence-corrected chi connectivity index (χ3v) is 1.47. The molecule has 0 radical (unpaired) electrons. The van der Waals surface area contributed by atoms with Crippen molar-refractivity contribution < 1.29 is 0 Å². The number of hydrogen-bond acceptors (Lipinski definition) is 1. The SMILES string of the molecule is C=C(C)/C=N\C(=C/C)C(C)(C)C. The molecule has 68 valence electrons. The summed E-state index contributed by atoms with van der Waals surface area (Å²) in [5.41, 5.74) is 2.21. The van der Waals surface area contributed by atoms with Crippen molar-refractivity contribution in [1.82, 2.24) is 0 Å². The molecule has 0 bridgehead atoms. The van der Waals surface area contributed by atoms with Crippen molar-refractivity contribution in [2.24, 2.45) is 10.4 Å². The van der Waals surface area contributed by atoms with E-state index in [1.807, 2.05) is 19.9 Å². The lowest BCUT2D eigenvalue weighted by Gasteiger charge is -2.18. The molecule has 12 heavy (non-hydrogen) atoms. The average molecular weight is 165 g/mol. The van der Waals surface area contributed by atoms with Crippen LogP contribution in [0.5, 0.6) is 0 Å². The minimum absolute atomic E-state index is 0.126. The minimum Gasteiger partial charge on any atom is -0.261 e. The molecular formula is C11H19N. The van der Waals surface area contributed by atoms with E-state index in [0.29, 0.717) is 0 Å². The predicted octanol–water partition coefficient (Wildman–Crippen LogP) is 3.58. The normalized spacial score (nSPS) is 13.9. The number of rotatable bonds is 2. The molecule has 0 aliphatic heterocycles. The van der Waals surface area contributed by atoms with Crippen LogP contribution in [-0.2, 0) is 0 Å².